The normalized spacial score (nSPS) is 18.6. The molecule has 1 aliphatic carbocycles. The van der Waals surface area contributed by atoms with Gasteiger partial charge in [0.05, 0.1) is 6.61 Å². The summed E-state index contributed by atoms with van der Waals surface area (Å²) in [6.45, 7) is 0.199. The molecule has 1 atom stereocenters. The lowest BCUT2D eigenvalue weighted by atomic mass is 9.96. The van der Waals surface area contributed by atoms with Crippen LogP contribution in [-0.4, -0.2) is 29.9 Å². The van der Waals surface area contributed by atoms with Crippen LogP contribution in [0.1, 0.15) is 35.2 Å². The molecule has 1 amide bonds. The van der Waals surface area contributed by atoms with Gasteiger partial charge in [-0.3, -0.25) is 9.59 Å². The number of carbonyl (C=O) groups is 2. The van der Waals surface area contributed by atoms with E-state index in [1.807, 2.05) is 12.1 Å². The fraction of sp³-hybridized carbons (Fsp3) is 0.467. The Hall–Kier alpha value is -1.68. The summed E-state index contributed by atoms with van der Waals surface area (Å²) in [5.74, 6) is 0.344. The van der Waals surface area contributed by atoms with Crippen LogP contribution in [0.4, 0.5) is 0 Å². The summed E-state index contributed by atoms with van der Waals surface area (Å²) in [6.07, 6.45) is 3.48. The molecule has 1 aromatic carbocycles. The van der Waals surface area contributed by atoms with Gasteiger partial charge in [0.1, 0.15) is 5.78 Å². The molecule has 1 aromatic rings. The highest BCUT2D eigenvalue weighted by atomic mass is 16.3. The van der Waals surface area contributed by atoms with E-state index < -0.39 is 0 Å². The number of aliphatic hydroxyl groups is 1. The monoisotopic (exact) mass is 261 g/mol. The second-order valence-corrected chi connectivity index (χ2v) is 4.94. The van der Waals surface area contributed by atoms with E-state index in [0.29, 0.717) is 17.8 Å². The largest absolute Gasteiger partial charge is 0.395 e. The zero-order chi connectivity index (χ0) is 13.7. The van der Waals surface area contributed by atoms with Crippen molar-refractivity contribution >= 4 is 11.7 Å². The van der Waals surface area contributed by atoms with Gasteiger partial charge in [0, 0.05) is 24.4 Å². The Morgan fingerprint density at radius 3 is 2.63 bits per heavy atom. The van der Waals surface area contributed by atoms with Crippen LogP contribution in [0.5, 0.6) is 0 Å². The molecule has 4 nitrogen and oxygen atoms in total. The predicted octanol–water partition coefficient (Wildman–Crippen LogP) is 1.32. The smallest absolute Gasteiger partial charge is 0.251 e. The number of amides is 1. The number of carbonyl (C=O) groups excluding carboxylic acids is 2. The number of benzene rings is 1. The maximum Gasteiger partial charge on any atom is 0.251 e. The van der Waals surface area contributed by atoms with Gasteiger partial charge in [0.2, 0.25) is 0 Å². The van der Waals surface area contributed by atoms with Crippen LogP contribution in [0.25, 0.3) is 0 Å². The third-order valence-corrected chi connectivity index (χ3v) is 3.53. The third-order valence-electron chi connectivity index (χ3n) is 3.53. The van der Waals surface area contributed by atoms with Crippen molar-refractivity contribution in [1.82, 2.24) is 5.32 Å². The fourth-order valence-corrected chi connectivity index (χ4v) is 2.45. The van der Waals surface area contributed by atoms with Gasteiger partial charge in [-0.1, -0.05) is 12.1 Å². The Balaban J connectivity index is 1.94. The highest BCUT2D eigenvalue weighted by Gasteiger charge is 2.24. The van der Waals surface area contributed by atoms with Crippen molar-refractivity contribution in [2.45, 2.75) is 25.7 Å². The van der Waals surface area contributed by atoms with E-state index in [0.717, 1.165) is 24.8 Å². The predicted molar refractivity (Wildman–Crippen MR) is 71.9 cm³/mol. The van der Waals surface area contributed by atoms with Gasteiger partial charge < -0.3 is 10.4 Å². The number of nitrogens with one attached hydrogen (secondary N) is 1. The maximum absolute atomic E-state index is 11.6. The number of aliphatic hydroxyl groups excluding tert-OH is 1. The van der Waals surface area contributed by atoms with E-state index in [1.54, 1.807) is 12.1 Å². The maximum atomic E-state index is 11.6. The zero-order valence-electron chi connectivity index (χ0n) is 10.9. The minimum atomic E-state index is -0.183. The van der Waals surface area contributed by atoms with E-state index in [2.05, 4.69) is 5.32 Å². The van der Waals surface area contributed by atoms with Crippen LogP contribution < -0.4 is 5.32 Å². The van der Waals surface area contributed by atoms with Crippen LogP contribution >= 0.6 is 0 Å². The van der Waals surface area contributed by atoms with Gasteiger partial charge in [-0.15, -0.1) is 0 Å². The molecule has 2 N–H and O–H groups in total. The first-order chi connectivity index (χ1) is 9.20. The van der Waals surface area contributed by atoms with Gasteiger partial charge in [0.25, 0.3) is 5.91 Å². The van der Waals surface area contributed by atoms with Gasteiger partial charge in [-0.25, -0.2) is 0 Å². The standard InChI is InChI=1S/C15H19NO3/c17-9-8-16-15(19)12-6-4-11(5-7-12)10-13-2-1-3-14(13)18/h4-7,13,17H,1-3,8-10H2,(H,16,19)/t13-/m0/s1. The highest BCUT2D eigenvalue weighted by Crippen LogP contribution is 2.25. The number of rotatable bonds is 5. The molecular formula is C15H19NO3. The lowest BCUT2D eigenvalue weighted by Crippen LogP contribution is -2.26. The number of hydrogen-bond donors (Lipinski definition) is 2. The molecular weight excluding hydrogens is 242 g/mol. The summed E-state index contributed by atoms with van der Waals surface area (Å²) in [5.41, 5.74) is 1.67. The molecule has 102 valence electrons. The minimum absolute atomic E-state index is 0.0619. The topological polar surface area (TPSA) is 66.4 Å². The third kappa shape index (κ3) is 3.64. The van der Waals surface area contributed by atoms with Crippen LogP contribution in [0.3, 0.4) is 0 Å². The molecule has 0 spiro atoms. The summed E-state index contributed by atoms with van der Waals surface area (Å²) >= 11 is 0. The van der Waals surface area contributed by atoms with E-state index >= 15 is 0 Å². The van der Waals surface area contributed by atoms with Gasteiger partial charge in [-0.05, 0) is 37.0 Å². The summed E-state index contributed by atoms with van der Waals surface area (Å²) in [6, 6.07) is 7.34. The first-order valence-electron chi connectivity index (χ1n) is 6.71. The lowest BCUT2D eigenvalue weighted by molar-refractivity contribution is -0.120. The van der Waals surface area contributed by atoms with Crippen LogP contribution in [0, 0.1) is 5.92 Å². The molecule has 1 aliphatic rings. The van der Waals surface area contributed by atoms with Crippen molar-refractivity contribution < 1.29 is 14.7 Å². The molecule has 0 unspecified atom stereocenters. The van der Waals surface area contributed by atoms with Crippen LogP contribution in [0.2, 0.25) is 0 Å². The number of ketones is 1. The molecule has 1 saturated carbocycles. The van der Waals surface area contributed by atoms with Gasteiger partial charge >= 0.3 is 0 Å². The quantitative estimate of drug-likeness (QED) is 0.840. The first kappa shape index (κ1) is 13.7. The fourth-order valence-electron chi connectivity index (χ4n) is 2.45. The second kappa shape index (κ2) is 6.48. The molecule has 19 heavy (non-hydrogen) atoms. The van der Waals surface area contributed by atoms with Crippen molar-refractivity contribution in [2.24, 2.45) is 5.92 Å². The van der Waals surface area contributed by atoms with Crippen LogP contribution in [0.15, 0.2) is 24.3 Å². The number of Topliss-reactive ketones (excluding diaryl/α,β-unsaturated/α-hetero) is 1. The van der Waals surface area contributed by atoms with Crippen molar-refractivity contribution in [2.75, 3.05) is 13.2 Å². The molecule has 0 radical (unpaired) electrons. The van der Waals surface area contributed by atoms with Crippen molar-refractivity contribution in [1.29, 1.82) is 0 Å². The Kier molecular flexibility index (Phi) is 4.68. The van der Waals surface area contributed by atoms with E-state index in [4.69, 9.17) is 5.11 Å². The lowest BCUT2D eigenvalue weighted by Gasteiger charge is -2.08. The van der Waals surface area contributed by atoms with E-state index in [-0.39, 0.29) is 25.0 Å². The van der Waals surface area contributed by atoms with E-state index in [9.17, 15) is 9.59 Å². The van der Waals surface area contributed by atoms with Gasteiger partial charge in [-0.2, -0.15) is 0 Å². The minimum Gasteiger partial charge on any atom is -0.395 e. The highest BCUT2D eigenvalue weighted by molar-refractivity contribution is 5.94. The molecule has 4 heteroatoms. The molecule has 1 fully saturated rings. The molecule has 0 saturated heterocycles. The second-order valence-electron chi connectivity index (χ2n) is 4.94. The summed E-state index contributed by atoms with van der Waals surface area (Å²) in [7, 11) is 0. The molecule has 2 rings (SSSR count). The van der Waals surface area contributed by atoms with Crippen molar-refractivity contribution in [3.8, 4) is 0 Å². The Morgan fingerprint density at radius 1 is 1.32 bits per heavy atom. The Bertz CT molecular complexity index is 453. The number of hydrogen-bond acceptors (Lipinski definition) is 3. The van der Waals surface area contributed by atoms with Crippen molar-refractivity contribution in [3.05, 3.63) is 35.4 Å². The molecule has 0 aromatic heterocycles. The first-order valence-corrected chi connectivity index (χ1v) is 6.71. The van der Waals surface area contributed by atoms with E-state index in [1.165, 1.54) is 0 Å². The SMILES string of the molecule is O=C(NCCO)c1ccc(C[C@@H]2CCCC2=O)cc1. The summed E-state index contributed by atoms with van der Waals surface area (Å²) in [5, 5.41) is 11.2. The average Bonchev–Trinajstić information content (AvgIpc) is 2.82. The van der Waals surface area contributed by atoms with Crippen LogP contribution in [-0.2, 0) is 11.2 Å². The molecule has 0 bridgehead atoms. The summed E-state index contributed by atoms with van der Waals surface area (Å²) < 4.78 is 0. The molecule has 0 aliphatic heterocycles. The Morgan fingerprint density at radius 2 is 2.05 bits per heavy atom. The molecule has 0 heterocycles. The van der Waals surface area contributed by atoms with Gasteiger partial charge in [0.15, 0.2) is 0 Å². The zero-order valence-corrected chi connectivity index (χ0v) is 10.9. The Labute approximate surface area is 112 Å². The average molecular weight is 261 g/mol. The van der Waals surface area contributed by atoms with Crippen molar-refractivity contribution in [3.63, 3.8) is 0 Å². The summed E-state index contributed by atoms with van der Waals surface area (Å²) in [4.78, 5) is 23.2.